The van der Waals surface area contributed by atoms with Gasteiger partial charge in [0.05, 0.1) is 17.4 Å². The predicted octanol–water partition coefficient (Wildman–Crippen LogP) is 3.61. The maximum absolute atomic E-state index is 14.0. The van der Waals surface area contributed by atoms with Crippen molar-refractivity contribution in [2.24, 2.45) is 0 Å². The minimum atomic E-state index is -4.81. The molecule has 0 bridgehead atoms. The van der Waals surface area contributed by atoms with Gasteiger partial charge in [-0.15, -0.1) is 0 Å². The number of alkyl halides is 3. The van der Waals surface area contributed by atoms with Crippen LogP contribution in [0, 0.1) is 5.82 Å². The van der Waals surface area contributed by atoms with E-state index >= 15 is 0 Å². The molecule has 9 heteroatoms. The summed E-state index contributed by atoms with van der Waals surface area (Å²) in [6, 6.07) is 2.01. The molecule has 150 valence electrons. The lowest BCUT2D eigenvalue weighted by Crippen LogP contribution is -2.47. The lowest BCUT2D eigenvalue weighted by Gasteiger charge is -2.33. The van der Waals surface area contributed by atoms with Gasteiger partial charge in [-0.25, -0.2) is 9.18 Å². The Morgan fingerprint density at radius 1 is 1.22 bits per heavy atom. The van der Waals surface area contributed by atoms with Crippen LogP contribution in [0.1, 0.15) is 31.2 Å². The molecular weight excluding hydrogens is 366 g/mol. The first-order valence-electron chi connectivity index (χ1n) is 9.10. The van der Waals surface area contributed by atoms with Crippen LogP contribution in [0.5, 0.6) is 0 Å². The molecule has 2 aliphatic rings. The number of halogens is 4. The highest BCUT2D eigenvalue weighted by atomic mass is 19.4. The summed E-state index contributed by atoms with van der Waals surface area (Å²) >= 11 is 0. The maximum atomic E-state index is 14.0. The molecule has 27 heavy (non-hydrogen) atoms. The number of ether oxygens (including phenoxy) is 1. The first kappa shape index (κ1) is 19.9. The van der Waals surface area contributed by atoms with E-state index in [-0.39, 0.29) is 12.1 Å². The molecule has 2 fully saturated rings. The third-order valence-electron chi connectivity index (χ3n) is 4.96. The monoisotopic (exact) mass is 389 g/mol. The number of likely N-dealkylation sites (tertiary alicyclic amines) is 1. The molecule has 2 aliphatic heterocycles. The third-order valence-corrected chi connectivity index (χ3v) is 4.96. The molecule has 2 amide bonds. The van der Waals surface area contributed by atoms with E-state index in [0.29, 0.717) is 6.07 Å². The number of urea groups is 1. The number of hydrogen-bond acceptors (Lipinski definition) is 3. The molecule has 0 spiro atoms. The van der Waals surface area contributed by atoms with Crippen LogP contribution < -0.4 is 10.6 Å². The number of rotatable bonds is 4. The maximum Gasteiger partial charge on any atom is 0.419 e. The summed E-state index contributed by atoms with van der Waals surface area (Å²) < 4.78 is 57.8. The van der Waals surface area contributed by atoms with Gasteiger partial charge in [0, 0.05) is 32.3 Å². The molecule has 3 rings (SSSR count). The Labute approximate surface area is 155 Å². The van der Waals surface area contributed by atoms with Crippen LogP contribution in [0.25, 0.3) is 0 Å². The summed E-state index contributed by atoms with van der Waals surface area (Å²) in [7, 11) is 0. The SMILES string of the molecule is O=C(Nc1cccc(C(F)(F)F)c1F)NC1CCN(CC2CCCO2)CC1. The van der Waals surface area contributed by atoms with Gasteiger partial charge in [-0.05, 0) is 37.8 Å². The van der Waals surface area contributed by atoms with Gasteiger partial charge in [-0.1, -0.05) is 6.07 Å². The van der Waals surface area contributed by atoms with Gasteiger partial charge in [0.25, 0.3) is 0 Å². The van der Waals surface area contributed by atoms with Crippen molar-refractivity contribution in [1.82, 2.24) is 10.2 Å². The van der Waals surface area contributed by atoms with Gasteiger partial charge in [0.2, 0.25) is 0 Å². The molecule has 2 saturated heterocycles. The Balaban J connectivity index is 1.48. The zero-order chi connectivity index (χ0) is 19.4. The van der Waals surface area contributed by atoms with Crippen LogP contribution in [-0.4, -0.2) is 49.3 Å². The molecule has 0 saturated carbocycles. The van der Waals surface area contributed by atoms with E-state index in [1.807, 2.05) is 0 Å². The van der Waals surface area contributed by atoms with Gasteiger partial charge in [-0.3, -0.25) is 0 Å². The van der Waals surface area contributed by atoms with Gasteiger partial charge in [0.1, 0.15) is 0 Å². The van der Waals surface area contributed by atoms with Crippen LogP contribution in [0.3, 0.4) is 0 Å². The first-order chi connectivity index (χ1) is 12.8. The van der Waals surface area contributed by atoms with E-state index in [2.05, 4.69) is 15.5 Å². The summed E-state index contributed by atoms with van der Waals surface area (Å²) in [5, 5.41) is 4.89. The van der Waals surface area contributed by atoms with E-state index in [9.17, 15) is 22.4 Å². The lowest BCUT2D eigenvalue weighted by molar-refractivity contribution is -0.139. The number of carbonyl (C=O) groups excluding carboxylic acids is 1. The molecule has 1 atom stereocenters. The smallest absolute Gasteiger partial charge is 0.377 e. The topological polar surface area (TPSA) is 53.6 Å². The van der Waals surface area contributed by atoms with Crippen molar-refractivity contribution in [3.05, 3.63) is 29.6 Å². The minimum absolute atomic E-state index is 0.0976. The summed E-state index contributed by atoms with van der Waals surface area (Å²) in [5.74, 6) is -1.48. The van der Waals surface area contributed by atoms with E-state index < -0.39 is 29.3 Å². The minimum Gasteiger partial charge on any atom is -0.377 e. The fraction of sp³-hybridized carbons (Fsp3) is 0.611. The summed E-state index contributed by atoms with van der Waals surface area (Å²) in [4.78, 5) is 14.3. The lowest BCUT2D eigenvalue weighted by atomic mass is 10.0. The number of anilines is 1. The van der Waals surface area contributed by atoms with Gasteiger partial charge in [-0.2, -0.15) is 13.2 Å². The molecule has 0 aliphatic carbocycles. The van der Waals surface area contributed by atoms with E-state index in [1.165, 1.54) is 0 Å². The second-order valence-corrected chi connectivity index (χ2v) is 6.97. The number of benzene rings is 1. The zero-order valence-corrected chi connectivity index (χ0v) is 14.8. The van der Waals surface area contributed by atoms with Gasteiger partial charge >= 0.3 is 12.2 Å². The van der Waals surface area contributed by atoms with Crippen LogP contribution in [0.2, 0.25) is 0 Å². The third kappa shape index (κ3) is 5.32. The van der Waals surface area contributed by atoms with Crippen LogP contribution in [0.4, 0.5) is 28.0 Å². The molecule has 5 nitrogen and oxygen atoms in total. The number of carbonyl (C=O) groups is 1. The van der Waals surface area contributed by atoms with Crippen molar-refractivity contribution in [1.29, 1.82) is 0 Å². The Kier molecular flexibility index (Phi) is 6.21. The van der Waals surface area contributed by atoms with Crippen molar-refractivity contribution in [3.8, 4) is 0 Å². The molecule has 0 aromatic heterocycles. The number of nitrogens with zero attached hydrogens (tertiary/aromatic N) is 1. The average molecular weight is 389 g/mol. The van der Waals surface area contributed by atoms with Gasteiger partial charge < -0.3 is 20.3 Å². The quantitative estimate of drug-likeness (QED) is 0.774. The fourth-order valence-corrected chi connectivity index (χ4v) is 3.53. The van der Waals surface area contributed by atoms with Gasteiger partial charge in [0.15, 0.2) is 5.82 Å². The average Bonchev–Trinajstić information content (AvgIpc) is 3.10. The molecular formula is C18H23F4N3O2. The Bertz CT molecular complexity index is 654. The largest absolute Gasteiger partial charge is 0.419 e. The van der Waals surface area contributed by atoms with Crippen molar-refractivity contribution in [2.45, 2.75) is 44.0 Å². The van der Waals surface area contributed by atoms with Crippen LogP contribution in [-0.2, 0) is 10.9 Å². The summed E-state index contributed by atoms with van der Waals surface area (Å²) in [6.07, 6.45) is -0.912. The predicted molar refractivity (Wildman–Crippen MR) is 92.0 cm³/mol. The first-order valence-corrected chi connectivity index (χ1v) is 9.10. The second kappa shape index (κ2) is 8.43. The second-order valence-electron chi connectivity index (χ2n) is 6.97. The number of hydrogen-bond donors (Lipinski definition) is 2. The summed E-state index contributed by atoms with van der Waals surface area (Å²) in [6.45, 7) is 3.31. The fourth-order valence-electron chi connectivity index (χ4n) is 3.53. The molecule has 2 N–H and O–H groups in total. The Morgan fingerprint density at radius 2 is 1.96 bits per heavy atom. The van der Waals surface area contributed by atoms with E-state index in [1.54, 1.807) is 0 Å². The van der Waals surface area contributed by atoms with E-state index in [0.717, 1.165) is 64.1 Å². The van der Waals surface area contributed by atoms with Crippen molar-refractivity contribution in [3.63, 3.8) is 0 Å². The Morgan fingerprint density at radius 3 is 2.59 bits per heavy atom. The number of nitrogens with one attached hydrogen (secondary N) is 2. The number of piperidine rings is 1. The highest BCUT2D eigenvalue weighted by Gasteiger charge is 2.35. The summed E-state index contributed by atoms with van der Waals surface area (Å²) in [5.41, 5.74) is -1.89. The normalized spacial score (nSPS) is 22.0. The van der Waals surface area contributed by atoms with E-state index in [4.69, 9.17) is 4.74 Å². The molecule has 1 aromatic rings. The van der Waals surface area contributed by atoms with Crippen molar-refractivity contribution < 1.29 is 27.1 Å². The van der Waals surface area contributed by atoms with Crippen LogP contribution in [0.15, 0.2) is 18.2 Å². The Hall–Kier alpha value is -1.87. The highest BCUT2D eigenvalue weighted by molar-refractivity contribution is 5.89. The van der Waals surface area contributed by atoms with Crippen molar-refractivity contribution >= 4 is 11.7 Å². The standard InChI is InChI=1S/C18H23F4N3O2/c19-16-14(18(20,21)22)4-1-5-15(16)24-17(26)23-12-6-8-25(9-7-12)11-13-3-2-10-27-13/h1,4-5,12-13H,2-3,6-11H2,(H2,23,24,26). The molecule has 2 heterocycles. The van der Waals surface area contributed by atoms with Crippen LogP contribution >= 0.6 is 0 Å². The molecule has 1 aromatic carbocycles. The van der Waals surface area contributed by atoms with Crippen molar-refractivity contribution in [2.75, 3.05) is 31.6 Å². The highest BCUT2D eigenvalue weighted by Crippen LogP contribution is 2.33. The molecule has 1 unspecified atom stereocenters. The zero-order valence-electron chi connectivity index (χ0n) is 14.8. The molecule has 0 radical (unpaired) electrons. The number of amides is 2.